The summed E-state index contributed by atoms with van der Waals surface area (Å²) in [6, 6.07) is 7.51. The molecular formula is C20H21N5O2. The average Bonchev–Trinajstić information content (AvgIpc) is 3.25. The van der Waals surface area contributed by atoms with Gasteiger partial charge in [0.2, 0.25) is 0 Å². The second-order valence-corrected chi connectivity index (χ2v) is 6.52. The molecule has 0 unspecified atom stereocenters. The molecule has 7 nitrogen and oxygen atoms in total. The molecule has 0 spiro atoms. The van der Waals surface area contributed by atoms with Crippen molar-refractivity contribution in [2.75, 3.05) is 36.8 Å². The topological polar surface area (TPSA) is 97.3 Å². The molecule has 1 fully saturated rings. The molecule has 0 saturated carbocycles. The average molecular weight is 363 g/mol. The number of hydrogen-bond donors (Lipinski definition) is 2. The zero-order chi connectivity index (χ0) is 18.6. The Balaban J connectivity index is 1.49. The van der Waals surface area contributed by atoms with Crippen molar-refractivity contribution in [3.05, 3.63) is 60.4 Å². The highest BCUT2D eigenvalue weighted by atomic mass is 16.3. The van der Waals surface area contributed by atoms with Crippen LogP contribution in [0.5, 0.6) is 0 Å². The Kier molecular flexibility index (Phi) is 4.84. The number of carbonyl (C=O) groups is 1. The minimum absolute atomic E-state index is 0.106. The summed E-state index contributed by atoms with van der Waals surface area (Å²) in [5, 5.41) is 3.30. The number of anilines is 2. The molecule has 1 saturated heterocycles. The molecule has 0 bridgehead atoms. The van der Waals surface area contributed by atoms with E-state index >= 15 is 0 Å². The molecule has 1 aliphatic rings. The lowest BCUT2D eigenvalue weighted by molar-refractivity contribution is 0.0988. The van der Waals surface area contributed by atoms with Gasteiger partial charge in [-0.05, 0) is 29.3 Å². The van der Waals surface area contributed by atoms with E-state index in [0.717, 1.165) is 48.7 Å². The van der Waals surface area contributed by atoms with Gasteiger partial charge < -0.3 is 20.4 Å². The number of nitrogens with zero attached hydrogens (tertiary/aromatic N) is 3. The first-order valence-electron chi connectivity index (χ1n) is 8.92. The van der Waals surface area contributed by atoms with Gasteiger partial charge in [-0.15, -0.1) is 0 Å². The largest absolute Gasteiger partial charge is 0.472 e. The smallest absolute Gasteiger partial charge is 0.187 e. The normalized spacial score (nSPS) is 14.3. The van der Waals surface area contributed by atoms with Gasteiger partial charge in [0.25, 0.3) is 0 Å². The Morgan fingerprint density at radius 2 is 2.00 bits per heavy atom. The van der Waals surface area contributed by atoms with Crippen molar-refractivity contribution in [2.45, 2.75) is 6.42 Å². The van der Waals surface area contributed by atoms with E-state index in [4.69, 9.17) is 10.2 Å². The van der Waals surface area contributed by atoms with E-state index in [1.165, 1.54) is 0 Å². The van der Waals surface area contributed by atoms with Crippen molar-refractivity contribution in [2.24, 2.45) is 0 Å². The first kappa shape index (κ1) is 17.2. The lowest BCUT2D eigenvalue weighted by atomic mass is 10.00. The Hall–Kier alpha value is -3.19. The highest BCUT2D eigenvalue weighted by Crippen LogP contribution is 2.25. The zero-order valence-corrected chi connectivity index (χ0v) is 14.9. The molecule has 0 radical (unpaired) electrons. The van der Waals surface area contributed by atoms with Crippen LogP contribution in [0.1, 0.15) is 16.1 Å². The summed E-state index contributed by atoms with van der Waals surface area (Å²) in [7, 11) is 0. The van der Waals surface area contributed by atoms with Crippen LogP contribution in [0.2, 0.25) is 0 Å². The van der Waals surface area contributed by atoms with Crippen LogP contribution in [-0.2, 0) is 6.42 Å². The molecular weight excluding hydrogens is 342 g/mol. The van der Waals surface area contributed by atoms with Gasteiger partial charge in [0.05, 0.1) is 24.9 Å². The lowest BCUT2D eigenvalue weighted by Gasteiger charge is -2.27. The SMILES string of the molecule is Nc1ccc(-c2ccoc2)cc1CC(=O)c1cnc(N2CCNCC2)cn1. The Labute approximate surface area is 157 Å². The Morgan fingerprint density at radius 3 is 2.70 bits per heavy atom. The molecule has 1 aliphatic heterocycles. The number of carbonyl (C=O) groups excluding carboxylic acids is 1. The van der Waals surface area contributed by atoms with Crippen molar-refractivity contribution in [1.82, 2.24) is 15.3 Å². The predicted octanol–water partition coefficient (Wildman–Crippen LogP) is 2.15. The maximum absolute atomic E-state index is 12.7. The highest BCUT2D eigenvalue weighted by molar-refractivity contribution is 5.96. The van der Waals surface area contributed by atoms with Gasteiger partial charge in [0, 0.05) is 43.9 Å². The van der Waals surface area contributed by atoms with Gasteiger partial charge in [0.15, 0.2) is 5.78 Å². The summed E-state index contributed by atoms with van der Waals surface area (Å²) < 4.78 is 5.13. The Morgan fingerprint density at radius 1 is 1.15 bits per heavy atom. The molecule has 27 heavy (non-hydrogen) atoms. The highest BCUT2D eigenvalue weighted by Gasteiger charge is 2.15. The lowest BCUT2D eigenvalue weighted by Crippen LogP contribution is -2.43. The van der Waals surface area contributed by atoms with E-state index in [9.17, 15) is 4.79 Å². The molecule has 3 aromatic rings. The first-order valence-corrected chi connectivity index (χ1v) is 8.92. The summed E-state index contributed by atoms with van der Waals surface area (Å²) in [5.74, 6) is 0.694. The van der Waals surface area contributed by atoms with Crippen LogP contribution in [0.3, 0.4) is 0 Å². The number of piperazine rings is 1. The number of nitrogens with two attached hydrogens (primary N) is 1. The number of Topliss-reactive ketones (excluding diaryl/α,β-unsaturated/α-hetero) is 1. The molecule has 0 aliphatic carbocycles. The number of nitrogen functional groups attached to an aromatic ring is 1. The first-order chi connectivity index (χ1) is 13.2. The number of nitrogens with one attached hydrogen (secondary N) is 1. The molecule has 1 aromatic carbocycles. The van der Waals surface area contributed by atoms with Crippen LogP contribution < -0.4 is 16.0 Å². The molecule has 2 aromatic heterocycles. The van der Waals surface area contributed by atoms with E-state index in [1.807, 2.05) is 24.3 Å². The molecule has 0 atom stereocenters. The zero-order valence-electron chi connectivity index (χ0n) is 14.9. The molecule has 3 heterocycles. The number of furan rings is 1. The van der Waals surface area contributed by atoms with E-state index < -0.39 is 0 Å². The van der Waals surface area contributed by atoms with Crippen molar-refractivity contribution < 1.29 is 9.21 Å². The van der Waals surface area contributed by atoms with Gasteiger partial charge in [-0.1, -0.05) is 6.07 Å². The fourth-order valence-electron chi connectivity index (χ4n) is 3.15. The van der Waals surface area contributed by atoms with Gasteiger partial charge >= 0.3 is 0 Å². The summed E-state index contributed by atoms with van der Waals surface area (Å²) in [6.07, 6.45) is 6.68. The van der Waals surface area contributed by atoms with Crippen LogP contribution in [-0.4, -0.2) is 41.9 Å². The third-order valence-corrected chi connectivity index (χ3v) is 4.71. The minimum atomic E-state index is -0.106. The maximum Gasteiger partial charge on any atom is 0.187 e. The number of hydrogen-bond acceptors (Lipinski definition) is 7. The van der Waals surface area contributed by atoms with Crippen molar-refractivity contribution in [3.8, 4) is 11.1 Å². The van der Waals surface area contributed by atoms with Crippen molar-refractivity contribution in [3.63, 3.8) is 0 Å². The van der Waals surface area contributed by atoms with Gasteiger partial charge in [-0.3, -0.25) is 4.79 Å². The molecule has 0 amide bonds. The van der Waals surface area contributed by atoms with Crippen LogP contribution >= 0.6 is 0 Å². The minimum Gasteiger partial charge on any atom is -0.472 e. The predicted molar refractivity (Wildman–Crippen MR) is 104 cm³/mol. The second-order valence-electron chi connectivity index (χ2n) is 6.52. The van der Waals surface area contributed by atoms with E-state index in [2.05, 4.69) is 20.2 Å². The number of benzene rings is 1. The van der Waals surface area contributed by atoms with Crippen LogP contribution in [0.4, 0.5) is 11.5 Å². The van der Waals surface area contributed by atoms with Gasteiger partial charge in [0.1, 0.15) is 11.5 Å². The summed E-state index contributed by atoms with van der Waals surface area (Å²) >= 11 is 0. The number of ketones is 1. The summed E-state index contributed by atoms with van der Waals surface area (Å²) in [4.78, 5) is 23.5. The van der Waals surface area contributed by atoms with Crippen molar-refractivity contribution in [1.29, 1.82) is 0 Å². The van der Waals surface area contributed by atoms with Crippen LogP contribution in [0, 0.1) is 0 Å². The standard InChI is InChI=1S/C20H21N5O2/c21-17-2-1-14(15-3-8-27-13-15)9-16(17)10-19(26)18-11-24-20(12-23-18)25-6-4-22-5-7-25/h1-3,8-9,11-13,22H,4-7,10,21H2. The van der Waals surface area contributed by atoms with Crippen LogP contribution in [0.15, 0.2) is 53.6 Å². The van der Waals surface area contributed by atoms with E-state index in [0.29, 0.717) is 11.4 Å². The molecule has 7 heteroatoms. The van der Waals surface area contributed by atoms with E-state index in [1.54, 1.807) is 24.9 Å². The number of rotatable bonds is 5. The summed E-state index contributed by atoms with van der Waals surface area (Å²) in [5.41, 5.74) is 9.68. The fraction of sp³-hybridized carbons (Fsp3) is 0.250. The van der Waals surface area contributed by atoms with Gasteiger partial charge in [-0.25, -0.2) is 9.97 Å². The van der Waals surface area contributed by atoms with E-state index in [-0.39, 0.29) is 12.2 Å². The van der Waals surface area contributed by atoms with Crippen molar-refractivity contribution >= 4 is 17.3 Å². The third kappa shape index (κ3) is 3.83. The third-order valence-electron chi connectivity index (χ3n) is 4.71. The summed E-state index contributed by atoms with van der Waals surface area (Å²) in [6.45, 7) is 3.63. The molecule has 3 N–H and O–H groups in total. The van der Waals surface area contributed by atoms with Gasteiger partial charge in [-0.2, -0.15) is 0 Å². The fourth-order valence-corrected chi connectivity index (χ4v) is 3.15. The quantitative estimate of drug-likeness (QED) is 0.529. The maximum atomic E-state index is 12.7. The second kappa shape index (κ2) is 7.59. The Bertz CT molecular complexity index is 916. The van der Waals surface area contributed by atoms with Crippen LogP contribution in [0.25, 0.3) is 11.1 Å². The monoisotopic (exact) mass is 363 g/mol. The molecule has 138 valence electrons. The number of aromatic nitrogens is 2. The molecule has 4 rings (SSSR count).